The molecule has 3 aromatic rings. The van der Waals surface area contributed by atoms with E-state index in [1.165, 1.54) is 5.56 Å². The third kappa shape index (κ3) is 3.98. The Morgan fingerprint density at radius 1 is 1.04 bits per heavy atom. The predicted molar refractivity (Wildman–Crippen MR) is 107 cm³/mol. The van der Waals surface area contributed by atoms with Crippen LogP contribution in [0.5, 0.6) is 0 Å². The van der Waals surface area contributed by atoms with Crippen LogP contribution in [-0.2, 0) is 10.0 Å². The van der Waals surface area contributed by atoms with Gasteiger partial charge in [0.25, 0.3) is 10.0 Å². The van der Waals surface area contributed by atoms with Crippen molar-refractivity contribution in [3.8, 4) is 0 Å². The molecular formula is C20H23N3O3S. The van der Waals surface area contributed by atoms with Gasteiger partial charge in [0, 0.05) is 23.6 Å². The summed E-state index contributed by atoms with van der Waals surface area (Å²) >= 11 is 0. The maximum atomic E-state index is 12.6. The number of aromatic nitrogens is 1. The summed E-state index contributed by atoms with van der Waals surface area (Å²) < 4.78 is 32.8. The first kappa shape index (κ1) is 19.0. The first-order valence-corrected chi connectivity index (χ1v) is 10.2. The van der Waals surface area contributed by atoms with Gasteiger partial charge >= 0.3 is 0 Å². The fraction of sp³-hybridized carbons (Fsp3) is 0.250. The van der Waals surface area contributed by atoms with Crippen LogP contribution in [0, 0.1) is 20.8 Å². The third-order valence-corrected chi connectivity index (χ3v) is 5.92. The predicted octanol–water partition coefficient (Wildman–Crippen LogP) is 4.56. The second-order valence-electron chi connectivity index (χ2n) is 6.39. The summed E-state index contributed by atoms with van der Waals surface area (Å²) in [6.45, 7) is 8.13. The van der Waals surface area contributed by atoms with E-state index in [1.807, 2.05) is 18.2 Å². The normalized spacial score (nSPS) is 11.4. The molecule has 0 atom stereocenters. The molecule has 6 nitrogen and oxygen atoms in total. The Balaban J connectivity index is 1.85. The van der Waals surface area contributed by atoms with Gasteiger partial charge < -0.3 is 9.42 Å². The Morgan fingerprint density at radius 2 is 1.74 bits per heavy atom. The number of aryl methyl sites for hydroxylation is 3. The number of sulfonamides is 1. The largest absolute Gasteiger partial charge is 0.360 e. The van der Waals surface area contributed by atoms with Crippen LogP contribution in [0.2, 0.25) is 0 Å². The lowest BCUT2D eigenvalue weighted by Gasteiger charge is -2.24. The summed E-state index contributed by atoms with van der Waals surface area (Å²) in [5.41, 5.74) is 4.10. The first-order chi connectivity index (χ1) is 12.8. The third-order valence-electron chi connectivity index (χ3n) is 4.30. The molecule has 0 aliphatic carbocycles. The lowest BCUT2D eigenvalue weighted by Crippen LogP contribution is -2.17. The van der Waals surface area contributed by atoms with E-state index in [9.17, 15) is 8.42 Å². The Bertz CT molecular complexity index is 1020. The zero-order chi connectivity index (χ0) is 19.6. The molecule has 2 aromatic carbocycles. The molecule has 3 rings (SSSR count). The summed E-state index contributed by atoms with van der Waals surface area (Å²) in [7, 11) is -3.75. The van der Waals surface area contributed by atoms with E-state index in [0.717, 1.165) is 17.9 Å². The highest BCUT2D eigenvalue weighted by atomic mass is 32.2. The highest BCUT2D eigenvalue weighted by Gasteiger charge is 2.24. The van der Waals surface area contributed by atoms with Gasteiger partial charge in [-0.05, 0) is 69.7 Å². The molecule has 27 heavy (non-hydrogen) atoms. The minimum absolute atomic E-state index is 0.0847. The zero-order valence-electron chi connectivity index (χ0n) is 15.9. The van der Waals surface area contributed by atoms with Crippen molar-refractivity contribution in [3.63, 3.8) is 0 Å². The molecule has 0 radical (unpaired) electrons. The number of hydrogen-bond donors (Lipinski definition) is 1. The summed E-state index contributed by atoms with van der Waals surface area (Å²) in [5, 5.41) is 3.71. The smallest absolute Gasteiger partial charge is 0.267 e. The zero-order valence-corrected chi connectivity index (χ0v) is 16.7. The van der Waals surface area contributed by atoms with Crippen LogP contribution in [0.3, 0.4) is 0 Å². The van der Waals surface area contributed by atoms with Crippen LogP contribution >= 0.6 is 0 Å². The molecule has 0 spiro atoms. The molecule has 0 saturated carbocycles. The van der Waals surface area contributed by atoms with Crippen molar-refractivity contribution < 1.29 is 12.9 Å². The van der Waals surface area contributed by atoms with Gasteiger partial charge in [-0.25, -0.2) is 8.42 Å². The molecule has 1 heterocycles. The van der Waals surface area contributed by atoms with E-state index in [1.54, 1.807) is 26.0 Å². The van der Waals surface area contributed by atoms with Crippen LogP contribution in [0.25, 0.3) is 0 Å². The molecular weight excluding hydrogens is 362 g/mol. The number of benzene rings is 2. The van der Waals surface area contributed by atoms with Gasteiger partial charge in [0.05, 0.1) is 0 Å². The number of rotatable bonds is 6. The standard InChI is InChI=1S/C20H23N3O3S/c1-5-23(19-8-6-7-14(2)13-19)18-11-9-17(10-12-18)22-27(24,25)20-15(3)21-26-16(20)4/h6-13,22H,5H2,1-4H3. The van der Waals surface area contributed by atoms with E-state index >= 15 is 0 Å². The average molecular weight is 385 g/mol. The van der Waals surface area contributed by atoms with Gasteiger partial charge in [-0.15, -0.1) is 0 Å². The van der Waals surface area contributed by atoms with Gasteiger partial charge in [-0.3, -0.25) is 4.72 Å². The van der Waals surface area contributed by atoms with E-state index in [-0.39, 0.29) is 10.7 Å². The van der Waals surface area contributed by atoms with Crippen LogP contribution < -0.4 is 9.62 Å². The molecule has 0 aliphatic rings. The Hall–Kier alpha value is -2.80. The van der Waals surface area contributed by atoms with E-state index in [4.69, 9.17) is 4.52 Å². The number of anilines is 3. The lowest BCUT2D eigenvalue weighted by atomic mass is 10.2. The van der Waals surface area contributed by atoms with Gasteiger partial charge in [0.2, 0.25) is 0 Å². The SMILES string of the molecule is CCN(c1ccc(NS(=O)(=O)c2c(C)noc2C)cc1)c1cccc(C)c1. The van der Waals surface area contributed by atoms with Gasteiger partial charge in [-0.2, -0.15) is 0 Å². The minimum atomic E-state index is -3.75. The molecule has 0 amide bonds. The van der Waals surface area contributed by atoms with E-state index in [0.29, 0.717) is 11.4 Å². The number of nitrogens with zero attached hydrogens (tertiary/aromatic N) is 2. The number of nitrogens with one attached hydrogen (secondary N) is 1. The van der Waals surface area contributed by atoms with Crippen LogP contribution in [0.4, 0.5) is 17.1 Å². The summed E-state index contributed by atoms with van der Waals surface area (Å²) in [6, 6.07) is 15.6. The fourth-order valence-corrected chi connectivity index (χ4v) is 4.47. The molecule has 1 aromatic heterocycles. The quantitative estimate of drug-likeness (QED) is 0.673. The second kappa shape index (κ2) is 7.44. The maximum Gasteiger partial charge on any atom is 0.267 e. The molecule has 0 fully saturated rings. The van der Waals surface area contributed by atoms with Crippen molar-refractivity contribution in [1.29, 1.82) is 0 Å². The van der Waals surface area contributed by atoms with Crippen molar-refractivity contribution in [3.05, 3.63) is 65.5 Å². The second-order valence-corrected chi connectivity index (χ2v) is 8.01. The summed E-state index contributed by atoms with van der Waals surface area (Å²) in [4.78, 5) is 2.25. The average Bonchev–Trinajstić information content (AvgIpc) is 2.96. The van der Waals surface area contributed by atoms with Crippen molar-refractivity contribution in [2.24, 2.45) is 0 Å². The van der Waals surface area contributed by atoms with Crippen molar-refractivity contribution in [2.45, 2.75) is 32.6 Å². The highest BCUT2D eigenvalue weighted by Crippen LogP contribution is 2.28. The van der Waals surface area contributed by atoms with Crippen LogP contribution in [0.1, 0.15) is 23.9 Å². The topological polar surface area (TPSA) is 75.4 Å². The molecule has 142 valence electrons. The van der Waals surface area contributed by atoms with Gasteiger partial charge in [0.15, 0.2) is 10.7 Å². The summed E-state index contributed by atoms with van der Waals surface area (Å²) in [5.74, 6) is 0.272. The van der Waals surface area contributed by atoms with Crippen molar-refractivity contribution in [1.82, 2.24) is 5.16 Å². The molecule has 1 N–H and O–H groups in total. The van der Waals surface area contributed by atoms with E-state index in [2.05, 4.69) is 46.8 Å². The van der Waals surface area contributed by atoms with Gasteiger partial charge in [-0.1, -0.05) is 17.3 Å². The maximum absolute atomic E-state index is 12.6. The van der Waals surface area contributed by atoms with Gasteiger partial charge in [0.1, 0.15) is 5.69 Å². The minimum Gasteiger partial charge on any atom is -0.360 e. The molecule has 7 heteroatoms. The monoisotopic (exact) mass is 385 g/mol. The number of hydrogen-bond acceptors (Lipinski definition) is 5. The fourth-order valence-electron chi connectivity index (χ4n) is 3.08. The Kier molecular flexibility index (Phi) is 5.23. The molecule has 0 bridgehead atoms. The van der Waals surface area contributed by atoms with Crippen LogP contribution in [-0.4, -0.2) is 20.1 Å². The summed E-state index contributed by atoms with van der Waals surface area (Å²) in [6.07, 6.45) is 0. The van der Waals surface area contributed by atoms with Crippen molar-refractivity contribution >= 4 is 27.1 Å². The van der Waals surface area contributed by atoms with Crippen molar-refractivity contribution in [2.75, 3.05) is 16.2 Å². The Morgan fingerprint density at radius 3 is 2.30 bits per heavy atom. The molecule has 0 saturated heterocycles. The lowest BCUT2D eigenvalue weighted by molar-refractivity contribution is 0.390. The molecule has 0 aliphatic heterocycles. The first-order valence-electron chi connectivity index (χ1n) is 8.72. The molecule has 0 unspecified atom stereocenters. The van der Waals surface area contributed by atoms with Crippen LogP contribution in [0.15, 0.2) is 57.9 Å². The Labute approximate surface area is 159 Å². The van der Waals surface area contributed by atoms with E-state index < -0.39 is 10.0 Å². The highest BCUT2D eigenvalue weighted by molar-refractivity contribution is 7.92.